The van der Waals surface area contributed by atoms with Crippen molar-refractivity contribution >= 4 is 34.8 Å². The van der Waals surface area contributed by atoms with Crippen molar-refractivity contribution in [1.82, 2.24) is 15.0 Å². The Bertz CT molecular complexity index is 587. The van der Waals surface area contributed by atoms with E-state index >= 15 is 0 Å². The molecule has 0 N–H and O–H groups in total. The first kappa shape index (κ1) is 14.5. The fourth-order valence-electron chi connectivity index (χ4n) is 1.70. The summed E-state index contributed by atoms with van der Waals surface area (Å²) in [6, 6.07) is 1.63. The van der Waals surface area contributed by atoms with Crippen LogP contribution in [-0.2, 0) is 12.3 Å². The second-order valence-corrected chi connectivity index (χ2v) is 5.14. The molecule has 0 amide bonds. The zero-order chi connectivity index (χ0) is 13.8. The smallest absolute Gasteiger partial charge is 0.179 e. The molecule has 0 aliphatic carbocycles. The van der Waals surface area contributed by atoms with Crippen LogP contribution in [-0.4, -0.2) is 15.0 Å². The van der Waals surface area contributed by atoms with Crippen molar-refractivity contribution in [2.45, 2.75) is 25.6 Å². The van der Waals surface area contributed by atoms with Crippen LogP contribution in [0.5, 0.6) is 0 Å². The summed E-state index contributed by atoms with van der Waals surface area (Å²) in [7, 11) is 0. The number of hydrogen-bond donors (Lipinski definition) is 0. The fourth-order valence-corrected chi connectivity index (χ4v) is 2.39. The predicted molar refractivity (Wildman–Crippen MR) is 78.8 cm³/mol. The molecule has 2 aromatic heterocycles. The van der Waals surface area contributed by atoms with Crippen molar-refractivity contribution in [1.29, 1.82) is 0 Å². The molecule has 0 saturated carbocycles. The van der Waals surface area contributed by atoms with Crippen molar-refractivity contribution in [3.63, 3.8) is 0 Å². The number of hydrogen-bond acceptors (Lipinski definition) is 3. The molecule has 3 nitrogen and oxygen atoms in total. The highest BCUT2D eigenvalue weighted by Gasteiger charge is 2.12. The van der Waals surface area contributed by atoms with Gasteiger partial charge in [0, 0.05) is 23.7 Å². The number of alkyl halides is 1. The monoisotopic (exact) mass is 315 g/mol. The van der Waals surface area contributed by atoms with Crippen LogP contribution in [0, 0.1) is 0 Å². The molecule has 0 spiro atoms. The van der Waals surface area contributed by atoms with Crippen LogP contribution >= 0.6 is 34.8 Å². The van der Waals surface area contributed by atoms with Crippen molar-refractivity contribution in [3.05, 3.63) is 39.8 Å². The van der Waals surface area contributed by atoms with Crippen LogP contribution in [0.15, 0.2) is 18.5 Å². The SMILES string of the molecule is CCCc1nc(-c2ncc(Cl)cc2Cl)ncc1CCl. The Kier molecular flexibility index (Phi) is 4.97. The summed E-state index contributed by atoms with van der Waals surface area (Å²) >= 11 is 17.8. The highest BCUT2D eigenvalue weighted by molar-refractivity contribution is 6.35. The molecule has 0 aliphatic heterocycles. The first-order valence-corrected chi connectivity index (χ1v) is 7.17. The average molecular weight is 317 g/mol. The first-order chi connectivity index (χ1) is 9.15. The molecule has 0 unspecified atom stereocenters. The Labute approximate surface area is 127 Å². The van der Waals surface area contributed by atoms with E-state index in [1.54, 1.807) is 12.3 Å². The van der Waals surface area contributed by atoms with Crippen molar-refractivity contribution in [2.24, 2.45) is 0 Å². The molecular formula is C13H12Cl3N3. The minimum Gasteiger partial charge on any atom is -0.250 e. The van der Waals surface area contributed by atoms with E-state index in [2.05, 4.69) is 21.9 Å². The maximum absolute atomic E-state index is 6.11. The maximum atomic E-state index is 6.11. The van der Waals surface area contributed by atoms with E-state index in [9.17, 15) is 0 Å². The highest BCUT2D eigenvalue weighted by Crippen LogP contribution is 2.26. The second kappa shape index (κ2) is 6.51. The van der Waals surface area contributed by atoms with Crippen molar-refractivity contribution in [3.8, 4) is 11.5 Å². The van der Waals surface area contributed by atoms with Gasteiger partial charge in [-0.1, -0.05) is 36.5 Å². The molecule has 100 valence electrons. The zero-order valence-corrected chi connectivity index (χ0v) is 12.6. The largest absolute Gasteiger partial charge is 0.250 e. The lowest BCUT2D eigenvalue weighted by molar-refractivity contribution is 0.858. The van der Waals surface area contributed by atoms with Gasteiger partial charge in [-0.2, -0.15) is 0 Å². The van der Waals surface area contributed by atoms with Crippen LogP contribution in [0.1, 0.15) is 24.6 Å². The maximum Gasteiger partial charge on any atom is 0.179 e. The van der Waals surface area contributed by atoms with Crippen molar-refractivity contribution < 1.29 is 0 Å². The standard InChI is InChI=1S/C13H12Cl3N3/c1-2-3-11-8(5-14)6-18-13(19-11)12-10(16)4-9(15)7-17-12/h4,6-7H,2-3,5H2,1H3. The topological polar surface area (TPSA) is 38.7 Å². The van der Waals surface area contributed by atoms with Gasteiger partial charge in [-0.25, -0.2) is 15.0 Å². The van der Waals surface area contributed by atoms with E-state index in [1.165, 1.54) is 6.20 Å². The van der Waals surface area contributed by atoms with E-state index in [4.69, 9.17) is 34.8 Å². The lowest BCUT2D eigenvalue weighted by Crippen LogP contribution is -2.01. The number of rotatable bonds is 4. The van der Waals surface area contributed by atoms with Gasteiger partial charge in [0.1, 0.15) is 5.69 Å². The Hall–Kier alpha value is -0.900. The lowest BCUT2D eigenvalue weighted by Gasteiger charge is -2.08. The summed E-state index contributed by atoms with van der Waals surface area (Å²) in [6.07, 6.45) is 5.10. The summed E-state index contributed by atoms with van der Waals surface area (Å²) in [5.74, 6) is 0.899. The highest BCUT2D eigenvalue weighted by atomic mass is 35.5. The molecule has 6 heteroatoms. The molecule has 0 bridgehead atoms. The molecule has 0 atom stereocenters. The number of aryl methyl sites for hydroxylation is 1. The molecular weight excluding hydrogens is 305 g/mol. The quantitative estimate of drug-likeness (QED) is 0.777. The number of aromatic nitrogens is 3. The van der Waals surface area contributed by atoms with Gasteiger partial charge in [0.2, 0.25) is 0 Å². The van der Waals surface area contributed by atoms with E-state index in [1.807, 2.05) is 0 Å². The van der Waals surface area contributed by atoms with Gasteiger partial charge in [0.15, 0.2) is 5.82 Å². The second-order valence-electron chi connectivity index (χ2n) is 4.03. The molecule has 2 rings (SSSR count). The van der Waals surface area contributed by atoms with Crippen LogP contribution in [0.25, 0.3) is 11.5 Å². The fraction of sp³-hybridized carbons (Fsp3) is 0.308. The lowest BCUT2D eigenvalue weighted by atomic mass is 10.1. The molecule has 0 saturated heterocycles. The van der Waals surface area contributed by atoms with E-state index < -0.39 is 0 Å². The molecule has 0 fully saturated rings. The number of pyridine rings is 1. The third-order valence-electron chi connectivity index (χ3n) is 2.60. The van der Waals surface area contributed by atoms with Gasteiger partial charge in [-0.15, -0.1) is 11.6 Å². The van der Waals surface area contributed by atoms with Gasteiger partial charge >= 0.3 is 0 Å². The van der Waals surface area contributed by atoms with Gasteiger partial charge < -0.3 is 0 Å². The third kappa shape index (κ3) is 3.35. The average Bonchev–Trinajstić information content (AvgIpc) is 2.39. The zero-order valence-electron chi connectivity index (χ0n) is 10.3. The minimum absolute atomic E-state index is 0.400. The number of halogens is 3. The first-order valence-electron chi connectivity index (χ1n) is 5.87. The van der Waals surface area contributed by atoms with E-state index in [-0.39, 0.29) is 0 Å². The minimum atomic E-state index is 0.400. The Morgan fingerprint density at radius 3 is 2.58 bits per heavy atom. The van der Waals surface area contributed by atoms with Crippen LogP contribution in [0.2, 0.25) is 10.0 Å². The van der Waals surface area contributed by atoms with Crippen LogP contribution in [0.4, 0.5) is 0 Å². The Morgan fingerprint density at radius 1 is 1.16 bits per heavy atom. The predicted octanol–water partition coefficient (Wildman–Crippen LogP) is 4.54. The van der Waals surface area contributed by atoms with Gasteiger partial charge in [-0.05, 0) is 12.5 Å². The molecule has 19 heavy (non-hydrogen) atoms. The van der Waals surface area contributed by atoms with Gasteiger partial charge in [0.05, 0.1) is 15.9 Å². The summed E-state index contributed by atoms with van der Waals surface area (Å²) in [4.78, 5) is 13.0. The molecule has 0 aliphatic rings. The van der Waals surface area contributed by atoms with E-state index in [0.29, 0.717) is 27.4 Å². The number of nitrogens with zero attached hydrogens (tertiary/aromatic N) is 3. The summed E-state index contributed by atoms with van der Waals surface area (Å²) in [5.41, 5.74) is 2.41. The van der Waals surface area contributed by atoms with Gasteiger partial charge in [-0.3, -0.25) is 0 Å². The Balaban J connectivity index is 2.47. The Morgan fingerprint density at radius 2 is 1.95 bits per heavy atom. The molecule has 2 aromatic rings. The summed E-state index contributed by atoms with van der Waals surface area (Å²) in [6.45, 7) is 2.09. The molecule has 2 heterocycles. The van der Waals surface area contributed by atoms with E-state index in [0.717, 1.165) is 24.1 Å². The summed E-state index contributed by atoms with van der Waals surface area (Å²) in [5, 5.41) is 0.925. The third-order valence-corrected chi connectivity index (χ3v) is 3.39. The molecule has 0 radical (unpaired) electrons. The normalized spacial score (nSPS) is 10.7. The summed E-state index contributed by atoms with van der Waals surface area (Å²) < 4.78 is 0. The van der Waals surface area contributed by atoms with Crippen molar-refractivity contribution in [2.75, 3.05) is 0 Å². The molecule has 0 aromatic carbocycles. The van der Waals surface area contributed by atoms with Crippen LogP contribution in [0.3, 0.4) is 0 Å². The van der Waals surface area contributed by atoms with Crippen LogP contribution < -0.4 is 0 Å². The van der Waals surface area contributed by atoms with Gasteiger partial charge in [0.25, 0.3) is 0 Å².